The number of ketones is 1. The molecule has 164 valence electrons. The van der Waals surface area contributed by atoms with E-state index in [1.54, 1.807) is 18.2 Å². The predicted octanol–water partition coefficient (Wildman–Crippen LogP) is 3.44. The van der Waals surface area contributed by atoms with Crippen LogP contribution in [0.2, 0.25) is 0 Å². The Balaban J connectivity index is 1.63. The Morgan fingerprint density at radius 3 is 2.55 bits per heavy atom. The number of aromatic nitrogens is 2. The molecular weight excluding hydrogens is 434 g/mol. The number of carbonyl (C=O) groups is 1. The number of sulfonamides is 1. The molecule has 2 aromatic carbocycles. The van der Waals surface area contributed by atoms with E-state index in [-0.39, 0.29) is 15.9 Å². The summed E-state index contributed by atoms with van der Waals surface area (Å²) in [6, 6.07) is 14.3. The first kappa shape index (κ1) is 22.0. The minimum absolute atomic E-state index is 0.0379. The highest BCUT2D eigenvalue weighted by atomic mass is 32.2. The van der Waals surface area contributed by atoms with Gasteiger partial charge in [0.2, 0.25) is 10.0 Å². The van der Waals surface area contributed by atoms with Crippen LogP contribution in [0.3, 0.4) is 0 Å². The molecule has 0 radical (unpaired) electrons. The van der Waals surface area contributed by atoms with Gasteiger partial charge in [0.05, 0.1) is 34.4 Å². The Morgan fingerprint density at radius 1 is 1.16 bits per heavy atom. The summed E-state index contributed by atoms with van der Waals surface area (Å²) in [6.07, 6.45) is 0. The third-order valence-corrected chi connectivity index (χ3v) is 8.30. The molecule has 1 aliphatic rings. The highest BCUT2D eigenvalue weighted by Crippen LogP contribution is 2.30. The van der Waals surface area contributed by atoms with Gasteiger partial charge in [-0.1, -0.05) is 42.1 Å². The molecule has 1 aromatic heterocycles. The number of fused-ring (bicyclic) bond motifs is 1. The number of nitrogens with zero attached hydrogens (tertiary/aromatic N) is 3. The van der Waals surface area contributed by atoms with Crippen molar-refractivity contribution in [3.8, 4) is 0 Å². The van der Waals surface area contributed by atoms with Gasteiger partial charge >= 0.3 is 0 Å². The first-order chi connectivity index (χ1) is 14.9. The zero-order chi connectivity index (χ0) is 22.0. The van der Waals surface area contributed by atoms with E-state index in [2.05, 4.69) is 4.98 Å². The summed E-state index contributed by atoms with van der Waals surface area (Å²) in [7, 11) is -3.59. The van der Waals surface area contributed by atoms with Crippen LogP contribution < -0.4 is 0 Å². The zero-order valence-electron chi connectivity index (χ0n) is 17.5. The van der Waals surface area contributed by atoms with Gasteiger partial charge in [-0.25, -0.2) is 13.4 Å². The number of carbonyl (C=O) groups excluding carboxylic acids is 1. The average Bonchev–Trinajstić information content (AvgIpc) is 3.15. The molecule has 0 bridgehead atoms. The number of ether oxygens (including phenoxy) is 1. The number of aryl methyl sites for hydroxylation is 1. The van der Waals surface area contributed by atoms with Crippen molar-refractivity contribution in [2.45, 2.75) is 35.7 Å². The largest absolute Gasteiger partial charge is 0.379 e. The van der Waals surface area contributed by atoms with Crippen molar-refractivity contribution in [2.24, 2.45) is 0 Å². The topological polar surface area (TPSA) is 81.5 Å². The molecule has 31 heavy (non-hydrogen) atoms. The quantitative estimate of drug-likeness (QED) is 0.398. The van der Waals surface area contributed by atoms with Gasteiger partial charge in [-0.2, -0.15) is 4.31 Å². The highest BCUT2D eigenvalue weighted by Gasteiger charge is 2.27. The number of Topliss-reactive ketones (excluding diaryl/α,β-unsaturated/α-hetero) is 1. The van der Waals surface area contributed by atoms with Crippen LogP contribution in [0.4, 0.5) is 0 Å². The van der Waals surface area contributed by atoms with Gasteiger partial charge in [0.1, 0.15) is 0 Å². The average molecular weight is 460 g/mol. The van der Waals surface area contributed by atoms with E-state index in [1.165, 1.54) is 16.1 Å². The molecule has 1 fully saturated rings. The summed E-state index contributed by atoms with van der Waals surface area (Å²) in [4.78, 5) is 17.7. The number of morpholine rings is 1. The predicted molar refractivity (Wildman–Crippen MR) is 121 cm³/mol. The number of hydrogen-bond acceptors (Lipinski definition) is 6. The lowest BCUT2D eigenvalue weighted by atomic mass is 10.1. The van der Waals surface area contributed by atoms with E-state index in [9.17, 15) is 13.2 Å². The summed E-state index contributed by atoms with van der Waals surface area (Å²) in [6.45, 7) is 6.05. The lowest BCUT2D eigenvalue weighted by Crippen LogP contribution is -2.40. The van der Waals surface area contributed by atoms with Crippen molar-refractivity contribution in [1.82, 2.24) is 13.9 Å². The maximum absolute atomic E-state index is 13.0. The third kappa shape index (κ3) is 4.41. The minimum Gasteiger partial charge on any atom is -0.379 e. The molecule has 0 spiro atoms. The first-order valence-corrected chi connectivity index (χ1v) is 12.6. The van der Waals surface area contributed by atoms with Gasteiger partial charge in [-0.05, 0) is 32.0 Å². The van der Waals surface area contributed by atoms with Gasteiger partial charge in [-0.15, -0.1) is 0 Å². The van der Waals surface area contributed by atoms with Gasteiger partial charge in [-0.3, -0.25) is 4.79 Å². The van der Waals surface area contributed by atoms with Crippen molar-refractivity contribution in [2.75, 3.05) is 26.3 Å². The monoisotopic (exact) mass is 459 g/mol. The molecule has 7 nitrogen and oxygen atoms in total. The lowest BCUT2D eigenvalue weighted by Gasteiger charge is -2.26. The van der Waals surface area contributed by atoms with E-state index < -0.39 is 10.0 Å². The molecule has 1 saturated heterocycles. The molecule has 0 saturated carbocycles. The summed E-state index contributed by atoms with van der Waals surface area (Å²) in [5.41, 5.74) is 2.13. The second kappa shape index (κ2) is 9.12. The number of hydrogen-bond donors (Lipinski definition) is 0. The molecule has 1 atom stereocenters. The minimum atomic E-state index is -3.59. The Labute approximate surface area is 186 Å². The van der Waals surface area contributed by atoms with Crippen LogP contribution in [0.25, 0.3) is 11.0 Å². The molecule has 0 N–H and O–H groups in total. The van der Waals surface area contributed by atoms with Gasteiger partial charge < -0.3 is 9.30 Å². The maximum atomic E-state index is 13.0. The van der Waals surface area contributed by atoms with Crippen molar-refractivity contribution in [3.63, 3.8) is 0 Å². The summed E-state index contributed by atoms with van der Waals surface area (Å²) in [5, 5.41) is 0.385. The normalized spacial score (nSPS) is 16.5. The Bertz CT molecular complexity index is 1190. The number of rotatable bonds is 7. The second-order valence-electron chi connectivity index (χ2n) is 7.30. The fourth-order valence-electron chi connectivity index (χ4n) is 3.63. The summed E-state index contributed by atoms with van der Waals surface area (Å²) in [5.74, 6) is 0.0379. The van der Waals surface area contributed by atoms with Crippen LogP contribution in [-0.2, 0) is 21.3 Å². The van der Waals surface area contributed by atoms with Crippen LogP contribution >= 0.6 is 11.8 Å². The molecule has 4 rings (SSSR count). The van der Waals surface area contributed by atoms with E-state index in [0.29, 0.717) is 49.1 Å². The van der Waals surface area contributed by atoms with Crippen LogP contribution in [0, 0.1) is 0 Å². The SMILES string of the molecule is CCn1c(SC(C)C(=O)c2ccccc2)nc2cc(S(=O)(=O)N3CCOCC3)ccc21. The van der Waals surface area contributed by atoms with Crippen molar-refractivity contribution in [1.29, 1.82) is 0 Å². The number of imidazole rings is 1. The molecule has 1 aliphatic heterocycles. The molecule has 0 amide bonds. The fraction of sp³-hybridized carbons (Fsp3) is 0.364. The highest BCUT2D eigenvalue weighted by molar-refractivity contribution is 8.00. The Kier molecular flexibility index (Phi) is 6.47. The van der Waals surface area contributed by atoms with Crippen LogP contribution in [0.1, 0.15) is 24.2 Å². The van der Waals surface area contributed by atoms with Crippen molar-refractivity contribution in [3.05, 3.63) is 54.1 Å². The molecule has 2 heterocycles. The molecule has 0 aliphatic carbocycles. The number of thioether (sulfide) groups is 1. The van der Waals surface area contributed by atoms with Gasteiger partial charge in [0, 0.05) is 25.2 Å². The molecule has 3 aromatic rings. The van der Waals surface area contributed by atoms with Crippen LogP contribution in [0.5, 0.6) is 0 Å². The maximum Gasteiger partial charge on any atom is 0.243 e. The second-order valence-corrected chi connectivity index (χ2v) is 10.5. The van der Waals surface area contributed by atoms with Crippen LogP contribution in [0.15, 0.2) is 58.6 Å². The fourth-order valence-corrected chi connectivity index (χ4v) is 6.12. The van der Waals surface area contributed by atoms with Crippen LogP contribution in [-0.4, -0.2) is 59.6 Å². The van der Waals surface area contributed by atoms with E-state index in [4.69, 9.17) is 4.74 Å². The van der Waals surface area contributed by atoms with E-state index >= 15 is 0 Å². The molecule has 1 unspecified atom stereocenters. The van der Waals surface area contributed by atoms with E-state index in [1.807, 2.05) is 48.7 Å². The first-order valence-electron chi connectivity index (χ1n) is 10.3. The molecule has 9 heteroatoms. The Morgan fingerprint density at radius 2 is 1.87 bits per heavy atom. The zero-order valence-corrected chi connectivity index (χ0v) is 19.2. The van der Waals surface area contributed by atoms with Crippen molar-refractivity contribution >= 4 is 38.6 Å². The van der Waals surface area contributed by atoms with Gasteiger partial charge in [0.25, 0.3) is 0 Å². The Hall–Kier alpha value is -2.20. The standard InChI is InChI=1S/C22H25N3O4S2/c1-3-25-20-10-9-18(31(27,28)24-11-13-29-14-12-24)15-19(20)23-22(25)30-16(2)21(26)17-7-5-4-6-8-17/h4-10,15-16H,3,11-14H2,1-2H3. The summed E-state index contributed by atoms with van der Waals surface area (Å²) >= 11 is 1.39. The smallest absolute Gasteiger partial charge is 0.243 e. The van der Waals surface area contributed by atoms with Gasteiger partial charge in [0.15, 0.2) is 10.9 Å². The van der Waals surface area contributed by atoms with E-state index in [0.717, 1.165) is 5.52 Å². The lowest BCUT2D eigenvalue weighted by molar-refractivity contribution is 0.0730. The summed E-state index contributed by atoms with van der Waals surface area (Å²) < 4.78 is 34.7. The third-order valence-electron chi connectivity index (χ3n) is 5.32. The number of benzene rings is 2. The molecular formula is C22H25N3O4S2. The van der Waals surface area contributed by atoms with Crippen molar-refractivity contribution < 1.29 is 17.9 Å².